The van der Waals surface area contributed by atoms with Crippen molar-refractivity contribution in [3.8, 4) is 11.3 Å². The number of thiophene rings is 1. The molecule has 5 aromatic rings. The zero-order valence-electron chi connectivity index (χ0n) is 16.6. The van der Waals surface area contributed by atoms with Crippen molar-refractivity contribution in [1.29, 1.82) is 0 Å². The van der Waals surface area contributed by atoms with Crippen LogP contribution in [0.3, 0.4) is 0 Å². The Balaban J connectivity index is 1.35. The molecule has 5 rings (SSSR count). The summed E-state index contributed by atoms with van der Waals surface area (Å²) in [4.78, 5) is 21.1. The van der Waals surface area contributed by atoms with E-state index >= 15 is 0 Å². The molecule has 31 heavy (non-hydrogen) atoms. The SMILES string of the molecule is Cc1cccc(Nc2nnc(SC(C)c3nc4scc(-c5ccco5)c4c(=O)[nH]3)s2)c1. The number of hydrogen-bond acceptors (Lipinski definition) is 9. The number of aromatic amines is 1. The van der Waals surface area contributed by atoms with Crippen LogP contribution in [0.1, 0.15) is 23.6 Å². The number of thioether (sulfide) groups is 1. The van der Waals surface area contributed by atoms with Crippen LogP contribution in [0.15, 0.2) is 61.6 Å². The second-order valence-electron chi connectivity index (χ2n) is 6.89. The number of H-pyrrole nitrogens is 1. The highest BCUT2D eigenvalue weighted by Crippen LogP contribution is 2.38. The Hall–Kier alpha value is -2.95. The largest absolute Gasteiger partial charge is 0.464 e. The third-order valence-electron chi connectivity index (χ3n) is 4.59. The zero-order valence-corrected chi connectivity index (χ0v) is 19.0. The first-order valence-electron chi connectivity index (χ1n) is 9.46. The predicted octanol–water partition coefficient (Wildman–Crippen LogP) is 6.00. The number of anilines is 2. The van der Waals surface area contributed by atoms with E-state index < -0.39 is 0 Å². The molecule has 0 bridgehead atoms. The number of furan rings is 1. The van der Waals surface area contributed by atoms with Crippen molar-refractivity contribution in [1.82, 2.24) is 20.2 Å². The van der Waals surface area contributed by atoms with E-state index in [1.807, 2.05) is 43.5 Å². The van der Waals surface area contributed by atoms with E-state index in [9.17, 15) is 4.79 Å². The molecule has 2 N–H and O–H groups in total. The van der Waals surface area contributed by atoms with Gasteiger partial charge < -0.3 is 14.7 Å². The Morgan fingerprint density at radius 2 is 2.13 bits per heavy atom. The number of hydrogen-bond donors (Lipinski definition) is 2. The fraction of sp³-hybridized carbons (Fsp3) is 0.143. The molecule has 0 spiro atoms. The van der Waals surface area contributed by atoms with Crippen LogP contribution < -0.4 is 10.9 Å². The summed E-state index contributed by atoms with van der Waals surface area (Å²) in [6.45, 7) is 4.04. The van der Waals surface area contributed by atoms with E-state index in [1.54, 1.807) is 12.3 Å². The van der Waals surface area contributed by atoms with Gasteiger partial charge in [0.25, 0.3) is 5.56 Å². The van der Waals surface area contributed by atoms with Crippen molar-refractivity contribution in [2.75, 3.05) is 5.32 Å². The molecular formula is C21H17N5O2S3. The summed E-state index contributed by atoms with van der Waals surface area (Å²) < 4.78 is 6.25. The minimum atomic E-state index is -0.167. The number of fused-ring (bicyclic) bond motifs is 1. The summed E-state index contributed by atoms with van der Waals surface area (Å²) in [6.07, 6.45) is 1.59. The van der Waals surface area contributed by atoms with Crippen LogP contribution in [0.2, 0.25) is 0 Å². The lowest BCUT2D eigenvalue weighted by Gasteiger charge is -2.08. The van der Waals surface area contributed by atoms with Gasteiger partial charge in [-0.15, -0.1) is 21.5 Å². The van der Waals surface area contributed by atoms with E-state index in [0.717, 1.165) is 20.7 Å². The van der Waals surface area contributed by atoms with Gasteiger partial charge in [-0.1, -0.05) is 35.2 Å². The predicted molar refractivity (Wildman–Crippen MR) is 127 cm³/mol. The van der Waals surface area contributed by atoms with Crippen LogP contribution in [-0.4, -0.2) is 20.2 Å². The topological polar surface area (TPSA) is 96.7 Å². The monoisotopic (exact) mass is 467 g/mol. The third-order valence-corrected chi connectivity index (χ3v) is 7.49. The standard InChI is InChI=1S/C21H17N5O2S3/c1-11-5-3-6-13(9-11)22-20-25-26-21(31-20)30-12(2)17-23-18(27)16-14(10-29-19(16)24-17)15-7-4-8-28-15/h3-10,12H,1-2H3,(H,22,25)(H,23,24,27). The van der Waals surface area contributed by atoms with Crippen molar-refractivity contribution in [3.05, 3.63) is 69.8 Å². The maximum absolute atomic E-state index is 12.8. The fourth-order valence-electron chi connectivity index (χ4n) is 3.13. The number of aryl methyl sites for hydroxylation is 1. The van der Waals surface area contributed by atoms with E-state index in [0.29, 0.717) is 21.8 Å². The number of benzene rings is 1. The van der Waals surface area contributed by atoms with Gasteiger partial charge in [0.1, 0.15) is 16.4 Å². The van der Waals surface area contributed by atoms with Gasteiger partial charge in [0.05, 0.1) is 16.9 Å². The molecule has 1 aromatic carbocycles. The van der Waals surface area contributed by atoms with Gasteiger partial charge in [-0.05, 0) is 43.7 Å². The van der Waals surface area contributed by atoms with Gasteiger partial charge in [0.2, 0.25) is 5.13 Å². The molecule has 4 aromatic heterocycles. The first-order valence-corrected chi connectivity index (χ1v) is 12.0. The Labute approximate surface area is 189 Å². The Morgan fingerprint density at radius 1 is 1.23 bits per heavy atom. The number of aromatic nitrogens is 4. The lowest BCUT2D eigenvalue weighted by molar-refractivity contribution is 0.583. The van der Waals surface area contributed by atoms with E-state index in [2.05, 4.69) is 31.5 Å². The van der Waals surface area contributed by atoms with E-state index in [-0.39, 0.29) is 10.8 Å². The summed E-state index contributed by atoms with van der Waals surface area (Å²) in [6, 6.07) is 11.7. The molecule has 7 nitrogen and oxygen atoms in total. The minimum Gasteiger partial charge on any atom is -0.464 e. The van der Waals surface area contributed by atoms with Gasteiger partial charge in [-0.25, -0.2) is 4.98 Å². The lowest BCUT2D eigenvalue weighted by Crippen LogP contribution is -2.12. The second kappa shape index (κ2) is 8.29. The van der Waals surface area contributed by atoms with Crippen LogP contribution in [0.4, 0.5) is 10.8 Å². The van der Waals surface area contributed by atoms with E-state index in [1.165, 1.54) is 40.0 Å². The van der Waals surface area contributed by atoms with Crippen molar-refractivity contribution in [3.63, 3.8) is 0 Å². The highest BCUT2D eigenvalue weighted by atomic mass is 32.2. The first kappa shape index (κ1) is 20.0. The van der Waals surface area contributed by atoms with Crippen LogP contribution in [-0.2, 0) is 0 Å². The maximum atomic E-state index is 12.8. The highest BCUT2D eigenvalue weighted by molar-refractivity contribution is 8.01. The van der Waals surface area contributed by atoms with Crippen LogP contribution in [0.25, 0.3) is 21.5 Å². The fourth-order valence-corrected chi connectivity index (χ4v) is 6.04. The van der Waals surface area contributed by atoms with Crippen LogP contribution >= 0.6 is 34.4 Å². The van der Waals surface area contributed by atoms with Gasteiger partial charge in [-0.3, -0.25) is 4.79 Å². The van der Waals surface area contributed by atoms with Crippen LogP contribution in [0, 0.1) is 6.92 Å². The Morgan fingerprint density at radius 3 is 2.94 bits per heavy atom. The number of nitrogens with one attached hydrogen (secondary N) is 2. The molecule has 4 heterocycles. The summed E-state index contributed by atoms with van der Waals surface area (Å²) in [5, 5.41) is 14.9. The molecule has 0 fully saturated rings. The Bertz CT molecular complexity index is 1400. The molecule has 0 aliphatic heterocycles. The molecule has 0 radical (unpaired) electrons. The van der Waals surface area contributed by atoms with E-state index in [4.69, 9.17) is 4.42 Å². The summed E-state index contributed by atoms with van der Waals surface area (Å²) >= 11 is 4.41. The van der Waals surface area contributed by atoms with Crippen molar-refractivity contribution in [2.24, 2.45) is 0 Å². The zero-order chi connectivity index (χ0) is 21.4. The Kier molecular flexibility index (Phi) is 5.34. The lowest BCUT2D eigenvalue weighted by atomic mass is 10.2. The van der Waals surface area contributed by atoms with Crippen molar-refractivity contribution < 1.29 is 4.42 Å². The van der Waals surface area contributed by atoms with Gasteiger partial charge in [-0.2, -0.15) is 0 Å². The quantitative estimate of drug-likeness (QED) is 0.296. The average Bonchev–Trinajstić information content (AvgIpc) is 3.48. The van der Waals surface area contributed by atoms with Gasteiger partial charge in [0.15, 0.2) is 4.34 Å². The normalized spacial score (nSPS) is 12.3. The van der Waals surface area contributed by atoms with Crippen molar-refractivity contribution in [2.45, 2.75) is 23.4 Å². The molecular weight excluding hydrogens is 450 g/mol. The first-order chi connectivity index (χ1) is 15.1. The third kappa shape index (κ3) is 4.14. The molecule has 0 saturated carbocycles. The average molecular weight is 468 g/mol. The molecule has 0 aliphatic rings. The summed E-state index contributed by atoms with van der Waals surface area (Å²) in [7, 11) is 0. The molecule has 1 unspecified atom stereocenters. The van der Waals surface area contributed by atoms with Crippen LogP contribution in [0.5, 0.6) is 0 Å². The number of nitrogens with zero attached hydrogens (tertiary/aromatic N) is 3. The molecule has 0 amide bonds. The molecule has 156 valence electrons. The smallest absolute Gasteiger partial charge is 0.260 e. The molecule has 10 heteroatoms. The van der Waals surface area contributed by atoms with Crippen molar-refractivity contribution >= 4 is 55.5 Å². The summed E-state index contributed by atoms with van der Waals surface area (Å²) in [5.41, 5.74) is 2.75. The highest BCUT2D eigenvalue weighted by Gasteiger charge is 2.19. The second-order valence-corrected chi connectivity index (χ2v) is 10.3. The number of rotatable bonds is 6. The van der Waals surface area contributed by atoms with Gasteiger partial charge in [0, 0.05) is 16.6 Å². The molecule has 0 aliphatic carbocycles. The summed E-state index contributed by atoms with van der Waals surface area (Å²) in [5.74, 6) is 1.27. The van der Waals surface area contributed by atoms with Gasteiger partial charge >= 0.3 is 0 Å². The molecule has 1 atom stereocenters. The minimum absolute atomic E-state index is 0.0916. The maximum Gasteiger partial charge on any atom is 0.260 e. The molecule has 0 saturated heterocycles.